The number of carbonyl (C=O) groups is 1. The van der Waals surface area contributed by atoms with E-state index in [0.29, 0.717) is 6.54 Å². The van der Waals surface area contributed by atoms with Crippen LogP contribution in [0.3, 0.4) is 0 Å². The summed E-state index contributed by atoms with van der Waals surface area (Å²) in [5.41, 5.74) is 7.41. The molecule has 6 heteroatoms. The summed E-state index contributed by atoms with van der Waals surface area (Å²) in [6.45, 7) is 2.04. The van der Waals surface area contributed by atoms with Crippen molar-refractivity contribution in [1.29, 1.82) is 0 Å². The van der Waals surface area contributed by atoms with Crippen LogP contribution in [0, 0.1) is 0 Å². The van der Waals surface area contributed by atoms with Crippen LogP contribution in [-0.4, -0.2) is 25.8 Å². The van der Waals surface area contributed by atoms with Gasteiger partial charge in [-0.05, 0) is 18.1 Å². The largest absolute Gasteiger partial charge is 0.351 e. The van der Waals surface area contributed by atoms with Crippen molar-refractivity contribution in [2.75, 3.05) is 6.26 Å². The second-order valence-corrected chi connectivity index (χ2v) is 6.53. The van der Waals surface area contributed by atoms with Crippen LogP contribution >= 0.6 is 0 Å². The molecule has 1 atom stereocenters. The van der Waals surface area contributed by atoms with Gasteiger partial charge in [-0.1, -0.05) is 24.3 Å². The fourth-order valence-corrected chi connectivity index (χ4v) is 1.92. The first-order valence-electron chi connectivity index (χ1n) is 5.59. The first-order chi connectivity index (χ1) is 8.36. The third kappa shape index (κ3) is 3.82. The van der Waals surface area contributed by atoms with Crippen molar-refractivity contribution >= 4 is 15.7 Å². The number of nitrogens with one attached hydrogen (secondary N) is 1. The van der Waals surface area contributed by atoms with Gasteiger partial charge < -0.3 is 11.1 Å². The van der Waals surface area contributed by atoms with Crippen LogP contribution in [0.15, 0.2) is 24.3 Å². The molecule has 0 aliphatic rings. The third-order valence-electron chi connectivity index (χ3n) is 2.80. The van der Waals surface area contributed by atoms with Gasteiger partial charge in [0.15, 0.2) is 9.84 Å². The minimum Gasteiger partial charge on any atom is -0.351 e. The van der Waals surface area contributed by atoms with E-state index in [-0.39, 0.29) is 6.54 Å². The molecule has 0 aromatic heterocycles. The van der Waals surface area contributed by atoms with Crippen LogP contribution in [0.25, 0.3) is 0 Å². The average Bonchev–Trinajstić information content (AvgIpc) is 2.34. The second-order valence-electron chi connectivity index (χ2n) is 4.16. The Morgan fingerprint density at radius 2 is 1.89 bits per heavy atom. The molecule has 1 aromatic carbocycles. The van der Waals surface area contributed by atoms with E-state index in [1.54, 1.807) is 0 Å². The molecular formula is C12H18N2O3S. The summed E-state index contributed by atoms with van der Waals surface area (Å²) in [6.07, 6.45) is 1.05. The van der Waals surface area contributed by atoms with Crippen LogP contribution in [-0.2, 0) is 27.7 Å². The molecule has 0 radical (unpaired) electrons. The molecule has 1 unspecified atom stereocenters. The van der Waals surface area contributed by atoms with Gasteiger partial charge in [0.05, 0.1) is 0 Å². The van der Waals surface area contributed by atoms with Crippen LogP contribution < -0.4 is 11.1 Å². The van der Waals surface area contributed by atoms with Crippen LogP contribution in [0.2, 0.25) is 0 Å². The summed E-state index contributed by atoms with van der Waals surface area (Å²) in [4.78, 5) is 11.6. The van der Waals surface area contributed by atoms with Crippen LogP contribution in [0.5, 0.6) is 0 Å². The minimum atomic E-state index is -3.36. The predicted octanol–water partition coefficient (Wildman–Crippen LogP) is 0.195. The average molecular weight is 270 g/mol. The van der Waals surface area contributed by atoms with Gasteiger partial charge in [0.2, 0.25) is 5.91 Å². The van der Waals surface area contributed by atoms with E-state index >= 15 is 0 Å². The van der Waals surface area contributed by atoms with Crippen molar-refractivity contribution in [3.8, 4) is 0 Å². The Morgan fingerprint density at radius 1 is 1.33 bits per heavy atom. The number of hydrogen-bond acceptors (Lipinski definition) is 4. The highest BCUT2D eigenvalue weighted by Gasteiger charge is 2.23. The number of amides is 1. The van der Waals surface area contributed by atoms with Gasteiger partial charge in [0, 0.05) is 19.3 Å². The second kappa shape index (κ2) is 5.97. The highest BCUT2D eigenvalue weighted by molar-refractivity contribution is 7.92. The minimum absolute atomic E-state index is 0.284. The van der Waals surface area contributed by atoms with Crippen molar-refractivity contribution in [2.24, 2.45) is 5.73 Å². The molecule has 0 heterocycles. The number of sulfone groups is 1. The lowest BCUT2D eigenvalue weighted by atomic mass is 10.1. The molecule has 100 valence electrons. The number of nitrogens with two attached hydrogens (primary N) is 1. The summed E-state index contributed by atoms with van der Waals surface area (Å²) in [5.74, 6) is -0.496. The van der Waals surface area contributed by atoms with E-state index in [1.165, 1.54) is 6.92 Å². The van der Waals surface area contributed by atoms with E-state index in [1.807, 2.05) is 24.3 Å². The molecular weight excluding hydrogens is 252 g/mol. The zero-order valence-corrected chi connectivity index (χ0v) is 11.3. The van der Waals surface area contributed by atoms with E-state index in [0.717, 1.165) is 17.4 Å². The van der Waals surface area contributed by atoms with E-state index in [2.05, 4.69) is 5.32 Å². The molecule has 0 bridgehead atoms. The van der Waals surface area contributed by atoms with Gasteiger partial charge in [-0.25, -0.2) is 8.42 Å². The summed E-state index contributed by atoms with van der Waals surface area (Å²) in [5, 5.41) is 1.57. The Morgan fingerprint density at radius 3 is 2.39 bits per heavy atom. The Hall–Kier alpha value is -1.40. The maximum atomic E-state index is 11.6. The molecule has 1 rings (SSSR count). The number of rotatable bonds is 5. The molecule has 18 heavy (non-hydrogen) atoms. The summed E-state index contributed by atoms with van der Waals surface area (Å²) < 4.78 is 22.5. The Balaban J connectivity index is 2.69. The molecule has 0 spiro atoms. The standard InChI is InChI=1S/C12H18N2O3S/c1-9(18(2,16)17)12(15)14-8-11-6-4-3-5-10(11)7-13/h3-6,9H,7-8,13H2,1-2H3,(H,14,15). The molecule has 0 fully saturated rings. The van der Waals surface area contributed by atoms with E-state index < -0.39 is 21.0 Å². The monoisotopic (exact) mass is 270 g/mol. The van der Waals surface area contributed by atoms with Crippen molar-refractivity contribution in [3.63, 3.8) is 0 Å². The Labute approximate surface area is 107 Å². The number of benzene rings is 1. The smallest absolute Gasteiger partial charge is 0.238 e. The van der Waals surface area contributed by atoms with Gasteiger partial charge in [-0.2, -0.15) is 0 Å². The molecule has 0 saturated carbocycles. The molecule has 1 amide bonds. The van der Waals surface area contributed by atoms with E-state index in [9.17, 15) is 13.2 Å². The zero-order chi connectivity index (χ0) is 13.8. The van der Waals surface area contributed by atoms with Gasteiger partial charge in [0.25, 0.3) is 0 Å². The Bertz CT molecular complexity index is 526. The number of hydrogen-bond donors (Lipinski definition) is 2. The molecule has 0 aliphatic carbocycles. The zero-order valence-electron chi connectivity index (χ0n) is 10.5. The summed E-state index contributed by atoms with van der Waals surface area (Å²) >= 11 is 0. The van der Waals surface area contributed by atoms with Crippen molar-refractivity contribution in [3.05, 3.63) is 35.4 Å². The van der Waals surface area contributed by atoms with Gasteiger partial charge in [-0.15, -0.1) is 0 Å². The highest BCUT2D eigenvalue weighted by atomic mass is 32.2. The Kier molecular flexibility index (Phi) is 4.86. The quantitative estimate of drug-likeness (QED) is 0.799. The molecule has 1 aromatic rings. The fraction of sp³-hybridized carbons (Fsp3) is 0.417. The maximum absolute atomic E-state index is 11.6. The summed E-state index contributed by atoms with van der Waals surface area (Å²) in [7, 11) is -3.36. The molecule has 0 saturated heterocycles. The van der Waals surface area contributed by atoms with Gasteiger partial charge in [0.1, 0.15) is 5.25 Å². The first-order valence-corrected chi connectivity index (χ1v) is 7.55. The van der Waals surface area contributed by atoms with Gasteiger partial charge >= 0.3 is 0 Å². The molecule has 0 aliphatic heterocycles. The van der Waals surface area contributed by atoms with Crippen LogP contribution in [0.4, 0.5) is 0 Å². The lowest BCUT2D eigenvalue weighted by Gasteiger charge is -2.12. The summed E-state index contributed by atoms with van der Waals surface area (Å²) in [6, 6.07) is 7.45. The predicted molar refractivity (Wildman–Crippen MR) is 70.5 cm³/mol. The van der Waals surface area contributed by atoms with Crippen molar-refractivity contribution in [1.82, 2.24) is 5.32 Å². The maximum Gasteiger partial charge on any atom is 0.238 e. The van der Waals surface area contributed by atoms with Crippen molar-refractivity contribution in [2.45, 2.75) is 25.3 Å². The van der Waals surface area contributed by atoms with E-state index in [4.69, 9.17) is 5.73 Å². The highest BCUT2D eigenvalue weighted by Crippen LogP contribution is 2.08. The topological polar surface area (TPSA) is 89.3 Å². The van der Waals surface area contributed by atoms with Crippen LogP contribution in [0.1, 0.15) is 18.1 Å². The number of carbonyl (C=O) groups excluding carboxylic acids is 1. The fourth-order valence-electron chi connectivity index (χ4n) is 1.45. The van der Waals surface area contributed by atoms with Gasteiger partial charge in [-0.3, -0.25) is 4.79 Å². The first kappa shape index (κ1) is 14.7. The molecule has 5 nitrogen and oxygen atoms in total. The lowest BCUT2D eigenvalue weighted by Crippen LogP contribution is -2.37. The van der Waals surface area contributed by atoms with Crippen molar-refractivity contribution < 1.29 is 13.2 Å². The SMILES string of the molecule is CC(C(=O)NCc1ccccc1CN)S(C)(=O)=O. The normalized spacial score (nSPS) is 13.1. The third-order valence-corrected chi connectivity index (χ3v) is 4.30. The lowest BCUT2D eigenvalue weighted by molar-refractivity contribution is -0.120. The molecule has 3 N–H and O–H groups in total.